The van der Waals surface area contributed by atoms with Gasteiger partial charge >= 0.3 is 5.97 Å². The van der Waals surface area contributed by atoms with Gasteiger partial charge in [-0.1, -0.05) is 13.0 Å². The lowest BCUT2D eigenvalue weighted by molar-refractivity contribution is -0.143. The van der Waals surface area contributed by atoms with Gasteiger partial charge in [-0.25, -0.2) is 0 Å². The first kappa shape index (κ1) is 19.5. The van der Waals surface area contributed by atoms with Gasteiger partial charge in [-0.15, -0.1) is 0 Å². The molecule has 1 N–H and O–H groups in total. The van der Waals surface area contributed by atoms with Crippen LogP contribution in [0.4, 0.5) is 0 Å². The monoisotopic (exact) mass is 323 g/mol. The second kappa shape index (κ2) is 10.2. The molecule has 130 valence electrons. The summed E-state index contributed by atoms with van der Waals surface area (Å²) in [6, 6.07) is 5.70. The molecule has 0 heterocycles. The predicted molar refractivity (Wildman–Crippen MR) is 90.7 cm³/mol. The van der Waals surface area contributed by atoms with E-state index in [0.29, 0.717) is 26.0 Å². The number of carbonyl (C=O) groups excluding carboxylic acids is 1. The number of nitrogens with zero attached hydrogens (tertiary/aromatic N) is 1. The van der Waals surface area contributed by atoms with Gasteiger partial charge in [-0.3, -0.25) is 4.79 Å². The number of rotatable bonds is 10. The summed E-state index contributed by atoms with van der Waals surface area (Å²) in [4.78, 5) is 13.6. The third kappa shape index (κ3) is 6.59. The van der Waals surface area contributed by atoms with Crippen LogP contribution in [0.3, 0.4) is 0 Å². The van der Waals surface area contributed by atoms with Gasteiger partial charge in [-0.2, -0.15) is 0 Å². The Bertz CT molecular complexity index is 490. The minimum Gasteiger partial charge on any atom is -0.497 e. The number of esters is 1. The van der Waals surface area contributed by atoms with E-state index in [1.165, 1.54) is 0 Å². The van der Waals surface area contributed by atoms with Gasteiger partial charge in [0.15, 0.2) is 0 Å². The van der Waals surface area contributed by atoms with Crippen LogP contribution in [-0.2, 0) is 9.53 Å². The quantitative estimate of drug-likeness (QED) is 0.671. The van der Waals surface area contributed by atoms with Crippen LogP contribution in [0.5, 0.6) is 5.75 Å². The van der Waals surface area contributed by atoms with Crippen LogP contribution in [0.15, 0.2) is 18.2 Å². The Morgan fingerprint density at radius 2 is 2.04 bits per heavy atom. The number of aliphatic hydroxyl groups excluding tert-OH is 1. The SMILES string of the molecule is CCOC(=O)CCN(CC)CCC(O)c1ccc(OC)cc1C. The molecule has 0 saturated heterocycles. The van der Waals surface area contributed by atoms with Gasteiger partial charge in [0.05, 0.1) is 26.2 Å². The van der Waals surface area contributed by atoms with E-state index in [-0.39, 0.29) is 5.97 Å². The Hall–Kier alpha value is -1.59. The van der Waals surface area contributed by atoms with Crippen LogP contribution in [-0.4, -0.2) is 49.3 Å². The molecule has 23 heavy (non-hydrogen) atoms. The van der Waals surface area contributed by atoms with Crippen molar-refractivity contribution in [1.29, 1.82) is 0 Å². The molecule has 1 aromatic rings. The summed E-state index contributed by atoms with van der Waals surface area (Å²) in [5.41, 5.74) is 1.94. The van der Waals surface area contributed by atoms with E-state index in [2.05, 4.69) is 11.8 Å². The molecule has 5 nitrogen and oxygen atoms in total. The van der Waals surface area contributed by atoms with Crippen molar-refractivity contribution in [3.05, 3.63) is 29.3 Å². The van der Waals surface area contributed by atoms with Gasteiger partial charge in [0.2, 0.25) is 0 Å². The van der Waals surface area contributed by atoms with Crippen LogP contribution in [0.25, 0.3) is 0 Å². The van der Waals surface area contributed by atoms with Crippen molar-refractivity contribution in [1.82, 2.24) is 4.90 Å². The fourth-order valence-electron chi connectivity index (χ4n) is 2.52. The summed E-state index contributed by atoms with van der Waals surface area (Å²) in [5, 5.41) is 10.4. The zero-order chi connectivity index (χ0) is 17.2. The highest BCUT2D eigenvalue weighted by atomic mass is 16.5. The van der Waals surface area contributed by atoms with Crippen LogP contribution in [0.2, 0.25) is 0 Å². The smallest absolute Gasteiger partial charge is 0.307 e. The first-order valence-corrected chi connectivity index (χ1v) is 8.22. The van der Waals surface area contributed by atoms with Gasteiger partial charge in [0.1, 0.15) is 5.75 Å². The third-order valence-electron chi connectivity index (χ3n) is 3.94. The second-order valence-electron chi connectivity index (χ2n) is 5.52. The molecule has 5 heteroatoms. The van der Waals surface area contributed by atoms with Crippen LogP contribution in [0, 0.1) is 6.92 Å². The molecule has 0 aliphatic rings. The van der Waals surface area contributed by atoms with Crippen molar-refractivity contribution < 1.29 is 19.4 Å². The second-order valence-corrected chi connectivity index (χ2v) is 5.52. The topological polar surface area (TPSA) is 59.0 Å². The van der Waals surface area contributed by atoms with E-state index in [4.69, 9.17) is 9.47 Å². The van der Waals surface area contributed by atoms with E-state index < -0.39 is 6.10 Å². The summed E-state index contributed by atoms with van der Waals surface area (Å²) in [7, 11) is 1.63. The molecular weight excluding hydrogens is 294 g/mol. The van der Waals surface area contributed by atoms with Gasteiger partial charge in [0, 0.05) is 13.1 Å². The fraction of sp³-hybridized carbons (Fsp3) is 0.611. The zero-order valence-electron chi connectivity index (χ0n) is 14.7. The highest BCUT2D eigenvalue weighted by Crippen LogP contribution is 2.24. The molecule has 0 saturated carbocycles. The molecule has 0 spiro atoms. The van der Waals surface area contributed by atoms with Crippen molar-refractivity contribution >= 4 is 5.97 Å². The number of aliphatic hydroxyl groups is 1. The molecule has 0 fully saturated rings. The maximum atomic E-state index is 11.4. The van der Waals surface area contributed by atoms with Crippen molar-refractivity contribution in [3.8, 4) is 5.75 Å². The molecule has 0 amide bonds. The molecule has 1 atom stereocenters. The van der Waals surface area contributed by atoms with Gasteiger partial charge < -0.3 is 19.5 Å². The Labute approximate surface area is 139 Å². The van der Waals surface area contributed by atoms with E-state index in [1.807, 2.05) is 32.0 Å². The van der Waals surface area contributed by atoms with E-state index in [1.54, 1.807) is 7.11 Å². The average Bonchev–Trinajstić information content (AvgIpc) is 2.54. The van der Waals surface area contributed by atoms with Crippen LogP contribution < -0.4 is 4.74 Å². The molecule has 0 aliphatic heterocycles. The molecule has 0 radical (unpaired) electrons. The predicted octanol–water partition coefficient (Wildman–Crippen LogP) is 2.70. The molecule has 0 aliphatic carbocycles. The zero-order valence-corrected chi connectivity index (χ0v) is 14.7. The maximum Gasteiger partial charge on any atom is 0.307 e. The average molecular weight is 323 g/mol. The summed E-state index contributed by atoms with van der Waals surface area (Å²) in [6.45, 7) is 8.49. The van der Waals surface area contributed by atoms with Crippen molar-refractivity contribution in [2.75, 3.05) is 33.4 Å². The van der Waals surface area contributed by atoms with E-state index in [0.717, 1.165) is 30.0 Å². The van der Waals surface area contributed by atoms with Gasteiger partial charge in [0.25, 0.3) is 0 Å². The number of ether oxygens (including phenoxy) is 2. The molecule has 0 bridgehead atoms. The van der Waals surface area contributed by atoms with E-state index in [9.17, 15) is 9.90 Å². The number of carbonyl (C=O) groups is 1. The van der Waals surface area contributed by atoms with Crippen molar-refractivity contribution in [2.45, 2.75) is 39.7 Å². The summed E-state index contributed by atoms with van der Waals surface area (Å²) >= 11 is 0. The fourth-order valence-corrected chi connectivity index (χ4v) is 2.52. The van der Waals surface area contributed by atoms with E-state index >= 15 is 0 Å². The summed E-state index contributed by atoms with van der Waals surface area (Å²) in [6.07, 6.45) is 0.501. The molecule has 1 unspecified atom stereocenters. The minimum absolute atomic E-state index is 0.169. The van der Waals surface area contributed by atoms with Crippen LogP contribution >= 0.6 is 0 Å². The Kier molecular flexibility index (Phi) is 8.66. The first-order chi connectivity index (χ1) is 11.0. The Morgan fingerprint density at radius 1 is 1.30 bits per heavy atom. The number of aryl methyl sites for hydroxylation is 1. The first-order valence-electron chi connectivity index (χ1n) is 8.22. The maximum absolute atomic E-state index is 11.4. The Morgan fingerprint density at radius 3 is 2.61 bits per heavy atom. The largest absolute Gasteiger partial charge is 0.497 e. The highest BCUT2D eigenvalue weighted by molar-refractivity contribution is 5.69. The van der Waals surface area contributed by atoms with Gasteiger partial charge in [-0.05, 0) is 50.1 Å². The lowest BCUT2D eigenvalue weighted by atomic mass is 10.0. The normalized spacial score (nSPS) is 12.3. The molecular formula is C18H29NO4. The van der Waals surface area contributed by atoms with Crippen molar-refractivity contribution in [3.63, 3.8) is 0 Å². The number of hydrogen-bond acceptors (Lipinski definition) is 5. The molecule has 0 aromatic heterocycles. The van der Waals surface area contributed by atoms with Crippen LogP contribution in [0.1, 0.15) is 43.9 Å². The summed E-state index contributed by atoms with van der Waals surface area (Å²) < 4.78 is 10.1. The Balaban J connectivity index is 2.49. The number of hydrogen-bond donors (Lipinski definition) is 1. The molecule has 1 rings (SSSR count). The summed E-state index contributed by atoms with van der Waals surface area (Å²) in [5.74, 6) is 0.626. The molecule has 1 aromatic carbocycles. The lowest BCUT2D eigenvalue weighted by Crippen LogP contribution is -2.28. The minimum atomic E-state index is -0.516. The third-order valence-corrected chi connectivity index (χ3v) is 3.94. The highest BCUT2D eigenvalue weighted by Gasteiger charge is 2.14. The lowest BCUT2D eigenvalue weighted by Gasteiger charge is -2.22. The standard InChI is InChI=1S/C18H29NO4/c1-5-19(12-10-18(21)23-6-2)11-9-17(20)16-8-7-15(22-4)13-14(16)3/h7-8,13,17,20H,5-6,9-12H2,1-4H3. The van der Waals surface area contributed by atoms with Crippen molar-refractivity contribution in [2.24, 2.45) is 0 Å². The number of benzene rings is 1. The number of methoxy groups -OCH3 is 1.